The summed E-state index contributed by atoms with van der Waals surface area (Å²) in [5.74, 6) is 1.24. The lowest BCUT2D eigenvalue weighted by Gasteiger charge is -2.29. The summed E-state index contributed by atoms with van der Waals surface area (Å²) in [6, 6.07) is 10.2. The number of thioether (sulfide) groups is 1. The first-order chi connectivity index (χ1) is 8.83. The molecule has 0 aliphatic heterocycles. The van der Waals surface area contributed by atoms with Gasteiger partial charge in [0.2, 0.25) is 0 Å². The minimum atomic E-state index is 0.137. The van der Waals surface area contributed by atoms with E-state index in [0.29, 0.717) is 11.5 Å². The second-order valence-corrected chi connectivity index (χ2v) is 5.99. The van der Waals surface area contributed by atoms with Gasteiger partial charge in [-0.15, -0.1) is 0 Å². The van der Waals surface area contributed by atoms with E-state index in [1.165, 1.54) is 5.56 Å². The Bertz CT molecular complexity index is 377. The highest BCUT2D eigenvalue weighted by Gasteiger charge is 2.31. The van der Waals surface area contributed by atoms with Crippen LogP contribution in [0.1, 0.15) is 36.5 Å². The molecule has 0 radical (unpaired) electrons. The van der Waals surface area contributed by atoms with Crippen molar-refractivity contribution in [2.45, 2.75) is 30.9 Å². The highest BCUT2D eigenvalue weighted by molar-refractivity contribution is 7.99. The summed E-state index contributed by atoms with van der Waals surface area (Å²) in [5.41, 5.74) is 1.22. The van der Waals surface area contributed by atoms with E-state index in [2.05, 4.69) is 12.1 Å². The molecule has 0 bridgehead atoms. The fourth-order valence-corrected chi connectivity index (χ4v) is 3.83. The Hall–Kier alpha value is -0.800. The lowest BCUT2D eigenvalue weighted by Crippen LogP contribution is -2.24. The summed E-state index contributed by atoms with van der Waals surface area (Å²) in [6.07, 6.45) is 3.92. The van der Waals surface area contributed by atoms with Gasteiger partial charge in [-0.2, -0.15) is 11.8 Å². The zero-order valence-corrected chi connectivity index (χ0v) is 11.4. The predicted octanol–water partition coefficient (Wildman–Crippen LogP) is 3.21. The van der Waals surface area contributed by atoms with Crippen molar-refractivity contribution in [3.05, 3.63) is 35.9 Å². The molecule has 0 spiro atoms. The van der Waals surface area contributed by atoms with Gasteiger partial charge >= 0.3 is 0 Å². The standard InChI is InChI=1S/C15H20O2S/c16-10-11-18-15(12-6-2-1-3-7-12)13-8-4-5-9-14(13)17/h1-3,6-7,13,15-16H,4-5,8-11H2. The average Bonchev–Trinajstić information content (AvgIpc) is 2.42. The van der Waals surface area contributed by atoms with Crippen molar-refractivity contribution < 1.29 is 9.90 Å². The third-order valence-corrected chi connectivity index (χ3v) is 4.86. The van der Waals surface area contributed by atoms with E-state index < -0.39 is 0 Å². The maximum Gasteiger partial charge on any atom is 0.137 e. The number of aliphatic hydroxyl groups excluding tert-OH is 1. The molecule has 1 aromatic carbocycles. The molecule has 0 aromatic heterocycles. The molecule has 1 aromatic rings. The molecule has 2 rings (SSSR count). The zero-order chi connectivity index (χ0) is 12.8. The highest BCUT2D eigenvalue weighted by Crippen LogP contribution is 2.41. The molecule has 18 heavy (non-hydrogen) atoms. The second kappa shape index (κ2) is 6.95. The van der Waals surface area contributed by atoms with Crippen LogP contribution in [0.3, 0.4) is 0 Å². The minimum Gasteiger partial charge on any atom is -0.396 e. The zero-order valence-electron chi connectivity index (χ0n) is 10.5. The number of benzene rings is 1. The van der Waals surface area contributed by atoms with Gasteiger partial charge < -0.3 is 5.11 Å². The van der Waals surface area contributed by atoms with Gasteiger partial charge in [0.15, 0.2) is 0 Å². The van der Waals surface area contributed by atoms with Crippen LogP contribution < -0.4 is 0 Å². The van der Waals surface area contributed by atoms with Crippen molar-refractivity contribution in [3.8, 4) is 0 Å². The number of Topliss-reactive ketones (excluding diaryl/α,β-unsaturated/α-hetero) is 1. The molecular formula is C15H20O2S. The molecule has 1 saturated carbocycles. The van der Waals surface area contributed by atoms with E-state index >= 15 is 0 Å². The number of hydrogen-bond acceptors (Lipinski definition) is 3. The SMILES string of the molecule is O=C1CCCCC1C(SCCO)c1ccccc1. The molecule has 0 saturated heterocycles. The molecule has 1 N–H and O–H groups in total. The topological polar surface area (TPSA) is 37.3 Å². The lowest BCUT2D eigenvalue weighted by atomic mass is 9.83. The van der Waals surface area contributed by atoms with E-state index in [-0.39, 0.29) is 17.8 Å². The van der Waals surface area contributed by atoms with Crippen molar-refractivity contribution >= 4 is 17.5 Å². The molecule has 2 nitrogen and oxygen atoms in total. The van der Waals surface area contributed by atoms with Crippen LogP contribution in [0.5, 0.6) is 0 Å². The van der Waals surface area contributed by atoms with Gasteiger partial charge in [0.25, 0.3) is 0 Å². The van der Waals surface area contributed by atoms with Crippen molar-refractivity contribution in [1.29, 1.82) is 0 Å². The van der Waals surface area contributed by atoms with Crippen LogP contribution in [0.15, 0.2) is 30.3 Å². The van der Waals surface area contributed by atoms with Gasteiger partial charge in [-0.3, -0.25) is 4.79 Å². The number of carbonyl (C=O) groups excluding carboxylic acids is 1. The Morgan fingerprint density at radius 3 is 2.72 bits per heavy atom. The van der Waals surface area contributed by atoms with Gasteiger partial charge in [0, 0.05) is 23.3 Å². The van der Waals surface area contributed by atoms with E-state index in [1.54, 1.807) is 11.8 Å². The van der Waals surface area contributed by atoms with Gasteiger partial charge in [-0.05, 0) is 18.4 Å². The van der Waals surface area contributed by atoms with Crippen LogP contribution in [0.25, 0.3) is 0 Å². The van der Waals surface area contributed by atoms with Crippen LogP contribution in [-0.4, -0.2) is 23.2 Å². The number of rotatable bonds is 5. The third kappa shape index (κ3) is 3.36. The van der Waals surface area contributed by atoms with Crippen molar-refractivity contribution in [3.63, 3.8) is 0 Å². The molecule has 0 heterocycles. The number of carbonyl (C=O) groups is 1. The second-order valence-electron chi connectivity index (χ2n) is 4.74. The Labute approximate surface area is 113 Å². The monoisotopic (exact) mass is 264 g/mol. The minimum absolute atomic E-state index is 0.137. The molecule has 98 valence electrons. The molecule has 1 fully saturated rings. The molecular weight excluding hydrogens is 244 g/mol. The Morgan fingerprint density at radius 2 is 2.06 bits per heavy atom. The summed E-state index contributed by atoms with van der Waals surface area (Å²) in [4.78, 5) is 12.1. The summed E-state index contributed by atoms with van der Waals surface area (Å²) < 4.78 is 0. The summed E-state index contributed by atoms with van der Waals surface area (Å²) in [5, 5.41) is 9.23. The van der Waals surface area contributed by atoms with Gasteiger partial charge in [-0.1, -0.05) is 36.8 Å². The van der Waals surface area contributed by atoms with Crippen LogP contribution in [0.4, 0.5) is 0 Å². The molecule has 1 aliphatic carbocycles. The maximum atomic E-state index is 12.1. The first kappa shape index (κ1) is 13.6. The first-order valence-electron chi connectivity index (χ1n) is 6.63. The Balaban J connectivity index is 2.16. The fourth-order valence-electron chi connectivity index (χ4n) is 2.60. The maximum absolute atomic E-state index is 12.1. The van der Waals surface area contributed by atoms with E-state index in [4.69, 9.17) is 5.11 Å². The normalized spacial score (nSPS) is 21.8. The number of ketones is 1. The van der Waals surface area contributed by atoms with Crippen molar-refractivity contribution in [2.75, 3.05) is 12.4 Å². The summed E-state index contributed by atoms with van der Waals surface area (Å²) in [6.45, 7) is 0.176. The lowest BCUT2D eigenvalue weighted by molar-refractivity contribution is -0.124. The predicted molar refractivity (Wildman–Crippen MR) is 75.7 cm³/mol. The quantitative estimate of drug-likeness (QED) is 0.887. The fraction of sp³-hybridized carbons (Fsp3) is 0.533. The highest BCUT2D eigenvalue weighted by atomic mass is 32.2. The molecule has 1 aliphatic rings. The van der Waals surface area contributed by atoms with E-state index in [0.717, 1.165) is 25.7 Å². The largest absolute Gasteiger partial charge is 0.396 e. The summed E-state index contributed by atoms with van der Waals surface area (Å²) >= 11 is 1.71. The van der Waals surface area contributed by atoms with Crippen molar-refractivity contribution in [2.24, 2.45) is 5.92 Å². The average molecular weight is 264 g/mol. The Morgan fingerprint density at radius 1 is 1.28 bits per heavy atom. The van der Waals surface area contributed by atoms with Gasteiger partial charge in [0.1, 0.15) is 5.78 Å². The van der Waals surface area contributed by atoms with Gasteiger partial charge in [-0.25, -0.2) is 0 Å². The third-order valence-electron chi connectivity index (χ3n) is 3.48. The first-order valence-corrected chi connectivity index (χ1v) is 7.68. The van der Waals surface area contributed by atoms with Gasteiger partial charge in [0.05, 0.1) is 6.61 Å². The molecule has 2 atom stereocenters. The number of aliphatic hydroxyl groups is 1. The smallest absolute Gasteiger partial charge is 0.137 e. The van der Waals surface area contributed by atoms with Crippen LogP contribution in [-0.2, 0) is 4.79 Å². The molecule has 2 unspecified atom stereocenters. The number of hydrogen-bond donors (Lipinski definition) is 1. The van der Waals surface area contributed by atoms with Crippen LogP contribution in [0.2, 0.25) is 0 Å². The Kier molecular flexibility index (Phi) is 5.26. The molecule has 3 heteroatoms. The molecule has 0 amide bonds. The summed E-state index contributed by atoms with van der Waals surface area (Å²) in [7, 11) is 0. The van der Waals surface area contributed by atoms with Crippen LogP contribution >= 0.6 is 11.8 Å². The van der Waals surface area contributed by atoms with Crippen molar-refractivity contribution in [1.82, 2.24) is 0 Å². The van der Waals surface area contributed by atoms with E-state index in [1.807, 2.05) is 18.2 Å². The van der Waals surface area contributed by atoms with Crippen LogP contribution in [0, 0.1) is 5.92 Å². The van der Waals surface area contributed by atoms with E-state index in [9.17, 15) is 4.79 Å².